The van der Waals surface area contributed by atoms with E-state index in [0.29, 0.717) is 16.8 Å². The van der Waals surface area contributed by atoms with Gasteiger partial charge in [0.1, 0.15) is 5.78 Å². The number of amides is 1. The van der Waals surface area contributed by atoms with E-state index in [0.717, 1.165) is 12.8 Å². The number of pyridine rings is 1. The molecule has 1 aromatic carbocycles. The predicted molar refractivity (Wildman–Crippen MR) is 93.0 cm³/mol. The van der Waals surface area contributed by atoms with Crippen molar-refractivity contribution in [3.05, 3.63) is 65.0 Å². The van der Waals surface area contributed by atoms with Crippen molar-refractivity contribution in [2.75, 3.05) is 0 Å². The number of nitrogens with one attached hydrogen (secondary N) is 1. The molecule has 1 aliphatic carbocycles. The fraction of sp³-hybridized carbons (Fsp3) is 0.350. The topological polar surface area (TPSA) is 59.1 Å². The zero-order valence-electron chi connectivity index (χ0n) is 14.4. The number of rotatable bonds is 7. The Labute approximate surface area is 150 Å². The van der Waals surface area contributed by atoms with Gasteiger partial charge >= 0.3 is 0 Å². The minimum absolute atomic E-state index is 0.0756. The number of aromatic nitrogens is 1. The van der Waals surface area contributed by atoms with Gasteiger partial charge in [0.2, 0.25) is 0 Å². The van der Waals surface area contributed by atoms with Crippen LogP contribution in [0.1, 0.15) is 59.4 Å². The van der Waals surface area contributed by atoms with Crippen LogP contribution in [0, 0.1) is 5.92 Å². The Balaban J connectivity index is 1.67. The summed E-state index contributed by atoms with van der Waals surface area (Å²) in [5.74, 6) is -0.0221. The largest absolute Gasteiger partial charge is 0.346 e. The molecule has 1 atom stereocenters. The van der Waals surface area contributed by atoms with E-state index in [2.05, 4.69) is 10.3 Å². The zero-order chi connectivity index (χ0) is 18.7. The third kappa shape index (κ3) is 4.50. The number of carbonyl (C=O) groups is 2. The molecule has 1 aromatic heterocycles. The molecule has 6 heteroatoms. The second kappa shape index (κ2) is 7.72. The third-order valence-electron chi connectivity index (χ3n) is 4.48. The van der Waals surface area contributed by atoms with E-state index >= 15 is 0 Å². The second-order valence-electron chi connectivity index (χ2n) is 6.62. The van der Waals surface area contributed by atoms with E-state index in [1.54, 1.807) is 31.2 Å². The highest BCUT2D eigenvalue weighted by Crippen LogP contribution is 2.30. The Morgan fingerprint density at radius 3 is 2.62 bits per heavy atom. The molecule has 1 fully saturated rings. The molecule has 1 amide bonds. The maximum Gasteiger partial charge on any atom is 0.263 e. The molecular weight excluding hydrogens is 338 g/mol. The lowest BCUT2D eigenvalue weighted by Gasteiger charge is -2.15. The average molecular weight is 358 g/mol. The first kappa shape index (κ1) is 18.2. The number of hydrogen-bond acceptors (Lipinski definition) is 3. The van der Waals surface area contributed by atoms with Crippen molar-refractivity contribution in [2.45, 2.75) is 38.7 Å². The van der Waals surface area contributed by atoms with E-state index in [4.69, 9.17) is 0 Å². The van der Waals surface area contributed by atoms with Gasteiger partial charge in [-0.05, 0) is 43.5 Å². The SMILES string of the molecule is CC(NC(=O)c1ccnc(CC(=O)C2CC2)c1)c1cccc(C(F)F)c1. The number of carbonyl (C=O) groups excluding carboxylic acids is 2. The van der Waals surface area contributed by atoms with Crippen LogP contribution in [0.5, 0.6) is 0 Å². The smallest absolute Gasteiger partial charge is 0.263 e. The Morgan fingerprint density at radius 2 is 1.92 bits per heavy atom. The van der Waals surface area contributed by atoms with Crippen LogP contribution < -0.4 is 5.32 Å². The number of benzene rings is 1. The lowest BCUT2D eigenvalue weighted by atomic mass is 10.0. The van der Waals surface area contributed by atoms with Crippen molar-refractivity contribution in [2.24, 2.45) is 5.92 Å². The van der Waals surface area contributed by atoms with Gasteiger partial charge in [-0.25, -0.2) is 8.78 Å². The van der Waals surface area contributed by atoms with Gasteiger partial charge in [-0.2, -0.15) is 0 Å². The van der Waals surface area contributed by atoms with Crippen molar-refractivity contribution < 1.29 is 18.4 Å². The first-order valence-corrected chi connectivity index (χ1v) is 8.60. The highest BCUT2D eigenvalue weighted by molar-refractivity contribution is 5.94. The van der Waals surface area contributed by atoms with Gasteiger partial charge in [0, 0.05) is 35.4 Å². The van der Waals surface area contributed by atoms with Gasteiger partial charge in [0.05, 0.1) is 6.04 Å². The van der Waals surface area contributed by atoms with E-state index in [9.17, 15) is 18.4 Å². The lowest BCUT2D eigenvalue weighted by molar-refractivity contribution is -0.119. The molecule has 1 aliphatic rings. The minimum Gasteiger partial charge on any atom is -0.346 e. The molecule has 0 aliphatic heterocycles. The van der Waals surface area contributed by atoms with Crippen molar-refractivity contribution in [3.63, 3.8) is 0 Å². The molecule has 136 valence electrons. The number of Topliss-reactive ketones (excluding diaryl/α,β-unsaturated/α-hetero) is 1. The zero-order valence-corrected chi connectivity index (χ0v) is 14.4. The highest BCUT2D eigenvalue weighted by atomic mass is 19.3. The summed E-state index contributed by atoms with van der Waals surface area (Å²) in [7, 11) is 0. The Hall–Kier alpha value is -2.63. The van der Waals surface area contributed by atoms with E-state index in [1.165, 1.54) is 18.3 Å². The molecule has 3 rings (SSSR count). The van der Waals surface area contributed by atoms with Crippen LogP contribution in [-0.2, 0) is 11.2 Å². The molecule has 1 heterocycles. The number of alkyl halides is 2. The molecule has 0 spiro atoms. The summed E-state index contributed by atoms with van der Waals surface area (Å²) in [5.41, 5.74) is 1.50. The summed E-state index contributed by atoms with van der Waals surface area (Å²) >= 11 is 0. The van der Waals surface area contributed by atoms with Gasteiger partial charge in [0.25, 0.3) is 12.3 Å². The standard InChI is InChI=1S/C20H20F2N2O2/c1-12(14-3-2-4-15(9-14)19(21)22)24-20(26)16-7-8-23-17(10-16)11-18(25)13-5-6-13/h2-4,7-10,12-13,19H,5-6,11H2,1H3,(H,24,26). The van der Waals surface area contributed by atoms with E-state index < -0.39 is 12.5 Å². The fourth-order valence-electron chi connectivity index (χ4n) is 2.77. The molecule has 1 unspecified atom stereocenters. The molecule has 1 N–H and O–H groups in total. The van der Waals surface area contributed by atoms with Gasteiger partial charge < -0.3 is 5.32 Å². The van der Waals surface area contributed by atoms with Gasteiger partial charge in [-0.3, -0.25) is 14.6 Å². The maximum atomic E-state index is 12.8. The van der Waals surface area contributed by atoms with Crippen molar-refractivity contribution >= 4 is 11.7 Å². The quantitative estimate of drug-likeness (QED) is 0.813. The van der Waals surface area contributed by atoms with Crippen LogP contribution in [0.4, 0.5) is 8.78 Å². The predicted octanol–water partition coefficient (Wildman–Crippen LogP) is 4.03. The summed E-state index contributed by atoms with van der Waals surface area (Å²) in [4.78, 5) is 28.5. The van der Waals surface area contributed by atoms with Crippen LogP contribution in [0.15, 0.2) is 42.6 Å². The Bertz CT molecular complexity index is 819. The number of hydrogen-bond donors (Lipinski definition) is 1. The second-order valence-corrected chi connectivity index (χ2v) is 6.62. The van der Waals surface area contributed by atoms with Gasteiger partial charge in [-0.15, -0.1) is 0 Å². The molecule has 26 heavy (non-hydrogen) atoms. The monoisotopic (exact) mass is 358 g/mol. The molecule has 0 bridgehead atoms. The highest BCUT2D eigenvalue weighted by Gasteiger charge is 2.29. The van der Waals surface area contributed by atoms with E-state index in [-0.39, 0.29) is 29.6 Å². The number of ketones is 1. The van der Waals surface area contributed by atoms with Crippen LogP contribution in [-0.4, -0.2) is 16.7 Å². The summed E-state index contributed by atoms with van der Waals surface area (Å²) in [5, 5.41) is 2.80. The van der Waals surface area contributed by atoms with Crippen LogP contribution in [0.2, 0.25) is 0 Å². The molecule has 1 saturated carbocycles. The first-order chi connectivity index (χ1) is 12.4. The molecule has 2 aromatic rings. The number of nitrogens with zero attached hydrogens (tertiary/aromatic N) is 1. The van der Waals surface area contributed by atoms with Gasteiger partial charge in [0.15, 0.2) is 0 Å². The Kier molecular flexibility index (Phi) is 5.40. The Morgan fingerprint density at radius 1 is 1.19 bits per heavy atom. The van der Waals surface area contributed by atoms with Crippen LogP contribution >= 0.6 is 0 Å². The summed E-state index contributed by atoms with van der Waals surface area (Å²) < 4.78 is 25.7. The molecule has 0 saturated heterocycles. The first-order valence-electron chi connectivity index (χ1n) is 8.60. The van der Waals surface area contributed by atoms with Gasteiger partial charge in [-0.1, -0.05) is 18.2 Å². The molecule has 4 nitrogen and oxygen atoms in total. The van der Waals surface area contributed by atoms with Crippen molar-refractivity contribution in [1.82, 2.24) is 10.3 Å². The number of halogens is 2. The normalized spacial score (nSPS) is 14.9. The average Bonchev–Trinajstić information content (AvgIpc) is 3.47. The van der Waals surface area contributed by atoms with Crippen LogP contribution in [0.3, 0.4) is 0 Å². The third-order valence-corrected chi connectivity index (χ3v) is 4.48. The van der Waals surface area contributed by atoms with E-state index in [1.807, 2.05) is 0 Å². The van der Waals surface area contributed by atoms with Crippen molar-refractivity contribution in [1.29, 1.82) is 0 Å². The lowest BCUT2D eigenvalue weighted by Crippen LogP contribution is -2.27. The fourth-order valence-corrected chi connectivity index (χ4v) is 2.77. The molecular formula is C20H20F2N2O2. The minimum atomic E-state index is -2.55. The van der Waals surface area contributed by atoms with Crippen LogP contribution in [0.25, 0.3) is 0 Å². The summed E-state index contributed by atoms with van der Waals surface area (Å²) in [6, 6.07) is 8.75. The maximum absolute atomic E-state index is 12.8. The molecule has 0 radical (unpaired) electrons. The summed E-state index contributed by atoms with van der Waals surface area (Å²) in [6.07, 6.45) is 1.07. The van der Waals surface area contributed by atoms with Crippen molar-refractivity contribution in [3.8, 4) is 0 Å². The summed E-state index contributed by atoms with van der Waals surface area (Å²) in [6.45, 7) is 1.74.